The molecule has 2 aromatic carbocycles. The van der Waals surface area contributed by atoms with Gasteiger partial charge in [-0.2, -0.15) is 4.57 Å². The van der Waals surface area contributed by atoms with Crippen LogP contribution in [0, 0.1) is 0 Å². The third-order valence-corrected chi connectivity index (χ3v) is 8.54. The topological polar surface area (TPSA) is 204 Å². The van der Waals surface area contributed by atoms with Crippen molar-refractivity contribution in [2.75, 3.05) is 0 Å². The molecule has 1 fully saturated rings. The van der Waals surface area contributed by atoms with Crippen LogP contribution in [0.4, 0.5) is 0 Å². The van der Waals surface area contributed by atoms with Gasteiger partial charge in [-0.3, -0.25) is 14.4 Å². The monoisotopic (exact) mass is 670 g/mol. The quantitative estimate of drug-likeness (QED) is 0.186. The Bertz CT molecular complexity index is 1650. The Balaban J connectivity index is 0.00000384. The van der Waals surface area contributed by atoms with Gasteiger partial charge in [0, 0.05) is 54.1 Å². The van der Waals surface area contributed by atoms with E-state index in [2.05, 4.69) is 0 Å². The summed E-state index contributed by atoms with van der Waals surface area (Å²) in [4.78, 5) is 40.6. The maximum Gasteiger partial charge on any atom is 0.229 e. The highest BCUT2D eigenvalue weighted by molar-refractivity contribution is 8.93. The second-order valence-electron chi connectivity index (χ2n) is 11.3. The molecule has 13 heteroatoms. The van der Waals surface area contributed by atoms with Crippen LogP contribution in [0.25, 0.3) is 0 Å². The number of phenols is 2. The molecule has 44 heavy (non-hydrogen) atoms. The first kappa shape index (κ1) is 31.7. The number of aromatic nitrogens is 1. The van der Waals surface area contributed by atoms with Crippen molar-refractivity contribution < 1.29 is 54.0 Å². The number of aromatic hydroxyl groups is 2. The molecule has 6 unspecified atom stereocenters. The fourth-order valence-corrected chi connectivity index (χ4v) is 6.28. The molecule has 2 heterocycles. The van der Waals surface area contributed by atoms with Gasteiger partial charge in [0.2, 0.25) is 18.1 Å². The van der Waals surface area contributed by atoms with Crippen molar-refractivity contribution in [1.82, 2.24) is 0 Å². The zero-order valence-electron chi connectivity index (χ0n) is 23.5. The molecule has 6 rings (SSSR count). The number of aliphatic hydroxyl groups excluding tert-OH is 1. The maximum absolute atomic E-state index is 14.0. The Kier molecular flexibility index (Phi) is 8.39. The van der Waals surface area contributed by atoms with Crippen LogP contribution in [0.5, 0.6) is 17.2 Å². The second-order valence-corrected chi connectivity index (χ2v) is 11.3. The lowest BCUT2D eigenvalue weighted by Gasteiger charge is -2.43. The average Bonchev–Trinajstić information content (AvgIpc) is 2.96. The molecule has 2 aliphatic carbocycles. The van der Waals surface area contributed by atoms with Crippen molar-refractivity contribution in [2.24, 2.45) is 5.73 Å². The standard InChI is InChI=1S/C31H30N2O10.BrH/c1-14-26(36)17(32)10-21(42-14)43-19-12-31(41,20(35)13-33-8-3-2-4-9-33)11-16-23(19)30(40)25-24(28(16)38)27(37)15-6-5-7-18(34)22(15)29(25)39;/h2-9,14,17,19,21,26,36,41H,10-13,32H2,1H3,(H2-,34,37,38,39,40);1H. The first-order valence-electron chi connectivity index (χ1n) is 13.9. The van der Waals surface area contributed by atoms with Crippen molar-refractivity contribution in [1.29, 1.82) is 0 Å². The van der Waals surface area contributed by atoms with E-state index in [0.717, 1.165) is 0 Å². The number of nitrogens with zero attached hydrogens (tertiary/aromatic N) is 1. The Hall–Kier alpha value is -3.72. The number of benzene rings is 2. The predicted octanol–water partition coefficient (Wildman–Crippen LogP) is 0.640. The molecule has 6 N–H and O–H groups in total. The number of Topliss-reactive ketones (excluding diaryl/α,β-unsaturated/α-hetero) is 1. The van der Waals surface area contributed by atoms with Crippen LogP contribution in [-0.2, 0) is 27.2 Å². The number of nitrogens with two attached hydrogens (primary N) is 1. The molecule has 0 saturated carbocycles. The van der Waals surface area contributed by atoms with Gasteiger partial charge < -0.3 is 40.7 Å². The van der Waals surface area contributed by atoms with Crippen LogP contribution in [0.1, 0.15) is 68.8 Å². The number of aliphatic hydroxyl groups is 2. The van der Waals surface area contributed by atoms with Gasteiger partial charge in [0.1, 0.15) is 17.1 Å². The van der Waals surface area contributed by atoms with E-state index in [-0.39, 0.29) is 52.2 Å². The third-order valence-electron chi connectivity index (χ3n) is 8.54. The SMILES string of the molecule is Br.CC1OC(OC2CC(O)(C(=O)C[n+]3ccccc3)Cc3c([O-])c4c(c(O)c32)C(=O)c2c(O)cccc2C4=O)CC(N)C1O. The summed E-state index contributed by atoms with van der Waals surface area (Å²) in [5.74, 6) is -4.61. The molecular formula is C31H31BrN2O10. The van der Waals surface area contributed by atoms with Gasteiger partial charge in [-0.15, -0.1) is 17.0 Å². The molecule has 1 saturated heterocycles. The Morgan fingerprint density at radius 1 is 1.11 bits per heavy atom. The fraction of sp³-hybridized carbons (Fsp3) is 0.355. The number of halogens is 1. The highest BCUT2D eigenvalue weighted by atomic mass is 79.9. The van der Waals surface area contributed by atoms with Crippen LogP contribution in [0.15, 0.2) is 48.8 Å². The Morgan fingerprint density at radius 3 is 2.50 bits per heavy atom. The van der Waals surface area contributed by atoms with Crippen LogP contribution >= 0.6 is 17.0 Å². The first-order valence-corrected chi connectivity index (χ1v) is 13.9. The number of pyridine rings is 1. The van der Waals surface area contributed by atoms with Crippen molar-refractivity contribution in [3.05, 3.63) is 82.2 Å². The molecule has 0 bridgehead atoms. The second kappa shape index (κ2) is 11.7. The van der Waals surface area contributed by atoms with Gasteiger partial charge in [-0.05, 0) is 18.6 Å². The zero-order valence-corrected chi connectivity index (χ0v) is 25.2. The summed E-state index contributed by atoms with van der Waals surface area (Å²) in [5.41, 5.74) is 1.73. The highest BCUT2D eigenvalue weighted by Gasteiger charge is 2.49. The molecule has 6 atom stereocenters. The minimum absolute atomic E-state index is 0. The van der Waals surface area contributed by atoms with Gasteiger partial charge in [0.05, 0.1) is 29.4 Å². The minimum Gasteiger partial charge on any atom is -0.872 e. The summed E-state index contributed by atoms with van der Waals surface area (Å²) < 4.78 is 13.5. The number of rotatable bonds is 5. The van der Waals surface area contributed by atoms with E-state index in [4.69, 9.17) is 15.2 Å². The van der Waals surface area contributed by atoms with E-state index >= 15 is 0 Å². The number of fused-ring (bicyclic) bond motifs is 3. The van der Waals surface area contributed by atoms with E-state index in [9.17, 15) is 39.9 Å². The number of ketones is 3. The maximum atomic E-state index is 14.0. The van der Waals surface area contributed by atoms with Crippen molar-refractivity contribution >= 4 is 34.3 Å². The lowest BCUT2D eigenvalue weighted by Crippen LogP contribution is -2.54. The molecule has 0 radical (unpaired) electrons. The molecule has 1 aromatic heterocycles. The van der Waals surface area contributed by atoms with Gasteiger partial charge in [0.15, 0.2) is 24.5 Å². The van der Waals surface area contributed by atoms with Gasteiger partial charge in [0.25, 0.3) is 0 Å². The number of hydrogen-bond acceptors (Lipinski definition) is 11. The summed E-state index contributed by atoms with van der Waals surface area (Å²) in [6.07, 6.45) is -1.84. The highest BCUT2D eigenvalue weighted by Crippen LogP contribution is 2.51. The van der Waals surface area contributed by atoms with Crippen molar-refractivity contribution in [2.45, 2.75) is 69.0 Å². The van der Waals surface area contributed by atoms with Crippen LogP contribution in [0.2, 0.25) is 0 Å². The molecule has 232 valence electrons. The summed E-state index contributed by atoms with van der Waals surface area (Å²) in [5, 5.41) is 57.9. The van der Waals surface area contributed by atoms with E-state index in [1.165, 1.54) is 18.2 Å². The van der Waals surface area contributed by atoms with E-state index < -0.39 is 94.8 Å². The molecule has 3 aliphatic rings. The molecular weight excluding hydrogens is 640 g/mol. The van der Waals surface area contributed by atoms with Gasteiger partial charge in [-0.25, -0.2) is 0 Å². The number of hydrogen-bond donors (Lipinski definition) is 5. The minimum atomic E-state index is -2.17. The summed E-state index contributed by atoms with van der Waals surface area (Å²) in [7, 11) is 0. The number of ether oxygens (including phenoxy) is 2. The van der Waals surface area contributed by atoms with Crippen LogP contribution in [0.3, 0.4) is 0 Å². The largest absolute Gasteiger partial charge is 0.872 e. The number of phenolic OH excluding ortho intramolecular Hbond substituents is 2. The van der Waals surface area contributed by atoms with E-state index in [0.29, 0.717) is 0 Å². The zero-order chi connectivity index (χ0) is 30.8. The molecule has 12 nitrogen and oxygen atoms in total. The summed E-state index contributed by atoms with van der Waals surface area (Å²) in [6, 6.07) is 8.28. The number of carbonyl (C=O) groups is 3. The average molecular weight is 671 g/mol. The van der Waals surface area contributed by atoms with Gasteiger partial charge in [-0.1, -0.05) is 23.9 Å². The third kappa shape index (κ3) is 5.09. The van der Waals surface area contributed by atoms with Crippen molar-refractivity contribution in [3.8, 4) is 17.2 Å². The van der Waals surface area contributed by atoms with E-state index in [1.54, 1.807) is 42.1 Å². The molecule has 0 spiro atoms. The molecule has 0 amide bonds. The van der Waals surface area contributed by atoms with Crippen LogP contribution in [-0.4, -0.2) is 67.9 Å². The van der Waals surface area contributed by atoms with Crippen molar-refractivity contribution in [3.63, 3.8) is 0 Å². The first-order chi connectivity index (χ1) is 20.4. The smallest absolute Gasteiger partial charge is 0.229 e. The summed E-state index contributed by atoms with van der Waals surface area (Å²) >= 11 is 0. The molecule has 1 aliphatic heterocycles. The lowest BCUT2D eigenvalue weighted by molar-refractivity contribution is -0.685. The normalized spacial score (nSPS) is 27.5. The predicted molar refractivity (Wildman–Crippen MR) is 155 cm³/mol. The van der Waals surface area contributed by atoms with E-state index in [1.807, 2.05) is 0 Å². The fourth-order valence-electron chi connectivity index (χ4n) is 6.28. The van der Waals surface area contributed by atoms with Gasteiger partial charge >= 0.3 is 0 Å². The summed E-state index contributed by atoms with van der Waals surface area (Å²) in [6.45, 7) is 1.34. The van der Waals surface area contributed by atoms with Crippen LogP contribution < -0.4 is 15.4 Å². The number of carbonyl (C=O) groups excluding carboxylic acids is 3. The lowest BCUT2D eigenvalue weighted by atomic mass is 9.71. The molecule has 3 aromatic rings. The Labute approximate surface area is 262 Å². The Morgan fingerprint density at radius 2 is 1.82 bits per heavy atom.